The van der Waals surface area contributed by atoms with Gasteiger partial charge in [0.2, 0.25) is 0 Å². The molecule has 0 atom stereocenters. The van der Waals surface area contributed by atoms with Crippen molar-refractivity contribution in [2.24, 2.45) is 0 Å². The van der Waals surface area contributed by atoms with E-state index in [1.165, 1.54) is 20.2 Å². The fourth-order valence-electron chi connectivity index (χ4n) is 5.89. The smallest absolute Gasteiger partial charge is 0.135 e. The molecular formula is C37H21NOS. The Balaban J connectivity index is 1.44. The molecule has 0 aliphatic rings. The summed E-state index contributed by atoms with van der Waals surface area (Å²) >= 11 is 1.80. The molecule has 0 fully saturated rings. The Labute approximate surface area is 235 Å². The zero-order chi connectivity index (χ0) is 26.6. The van der Waals surface area contributed by atoms with Crippen molar-refractivity contribution in [1.29, 1.82) is 5.26 Å². The molecule has 3 heteroatoms. The maximum atomic E-state index is 10.7. The maximum absolute atomic E-state index is 10.7. The summed E-state index contributed by atoms with van der Waals surface area (Å²) in [6, 6.07) is 46.7. The number of hydrogen-bond donors (Lipinski definition) is 0. The number of hydrogen-bond acceptors (Lipinski definition) is 3. The molecule has 0 aliphatic heterocycles. The quantitative estimate of drug-likeness (QED) is 0.229. The van der Waals surface area contributed by atoms with E-state index in [0.717, 1.165) is 55.3 Å². The van der Waals surface area contributed by atoms with E-state index in [1.807, 2.05) is 42.5 Å². The largest absolute Gasteiger partial charge is 0.456 e. The van der Waals surface area contributed by atoms with Crippen LogP contribution in [0.5, 0.6) is 0 Å². The monoisotopic (exact) mass is 527 g/mol. The van der Waals surface area contributed by atoms with Gasteiger partial charge in [-0.1, -0.05) is 91.0 Å². The van der Waals surface area contributed by atoms with Crippen LogP contribution >= 0.6 is 11.3 Å². The summed E-state index contributed by atoms with van der Waals surface area (Å²) in [6.45, 7) is 0. The summed E-state index contributed by atoms with van der Waals surface area (Å²) < 4.78 is 8.62. The number of fused-ring (bicyclic) bond motifs is 6. The van der Waals surface area contributed by atoms with Gasteiger partial charge in [0.25, 0.3) is 0 Å². The predicted molar refractivity (Wildman–Crippen MR) is 168 cm³/mol. The molecule has 0 bridgehead atoms. The van der Waals surface area contributed by atoms with Gasteiger partial charge in [0.1, 0.15) is 17.2 Å². The zero-order valence-corrected chi connectivity index (χ0v) is 22.2. The van der Waals surface area contributed by atoms with Crippen molar-refractivity contribution in [2.45, 2.75) is 0 Å². The van der Waals surface area contributed by atoms with E-state index in [1.54, 1.807) is 11.3 Å². The molecule has 2 aromatic heterocycles. The summed E-state index contributed by atoms with van der Waals surface area (Å²) in [7, 11) is 0. The van der Waals surface area contributed by atoms with Crippen molar-refractivity contribution >= 4 is 53.4 Å². The third kappa shape index (κ3) is 3.48. The van der Waals surface area contributed by atoms with E-state index in [-0.39, 0.29) is 0 Å². The third-order valence-electron chi connectivity index (χ3n) is 7.76. The highest BCUT2D eigenvalue weighted by atomic mass is 32.1. The summed E-state index contributed by atoms with van der Waals surface area (Å²) in [5.74, 6) is 0. The predicted octanol–water partition coefficient (Wildman–Crippen LogP) is 10.8. The summed E-state index contributed by atoms with van der Waals surface area (Å²) in [5, 5.41) is 15.3. The Kier molecular flexibility index (Phi) is 5.10. The van der Waals surface area contributed by atoms with Gasteiger partial charge in [0.05, 0.1) is 5.56 Å². The lowest BCUT2D eigenvalue weighted by molar-refractivity contribution is 0.669. The van der Waals surface area contributed by atoms with E-state index in [9.17, 15) is 5.26 Å². The first-order valence-corrected chi connectivity index (χ1v) is 14.1. The molecule has 2 heterocycles. The fourth-order valence-corrected chi connectivity index (χ4v) is 6.98. The van der Waals surface area contributed by atoms with Crippen molar-refractivity contribution < 1.29 is 4.42 Å². The van der Waals surface area contributed by atoms with E-state index < -0.39 is 0 Å². The van der Waals surface area contributed by atoms with Crippen molar-refractivity contribution in [3.05, 3.63) is 133 Å². The normalized spacial score (nSPS) is 11.5. The second-order valence-corrected chi connectivity index (χ2v) is 11.1. The highest BCUT2D eigenvalue weighted by molar-refractivity contribution is 7.25. The number of rotatable bonds is 3. The van der Waals surface area contributed by atoms with Gasteiger partial charge in [-0.05, 0) is 58.7 Å². The maximum Gasteiger partial charge on any atom is 0.135 e. The van der Waals surface area contributed by atoms with Gasteiger partial charge in [-0.15, -0.1) is 11.3 Å². The zero-order valence-electron chi connectivity index (χ0n) is 21.4. The Hall–Kier alpha value is -5.17. The van der Waals surface area contributed by atoms with E-state index in [0.29, 0.717) is 5.56 Å². The topological polar surface area (TPSA) is 36.9 Å². The molecule has 0 saturated heterocycles. The second kappa shape index (κ2) is 8.95. The first kappa shape index (κ1) is 22.8. The first-order valence-electron chi connectivity index (χ1n) is 13.2. The van der Waals surface area contributed by atoms with Crippen LogP contribution < -0.4 is 0 Å². The van der Waals surface area contributed by atoms with Gasteiger partial charge in [0, 0.05) is 42.1 Å². The van der Waals surface area contributed by atoms with Crippen molar-refractivity contribution in [2.75, 3.05) is 0 Å². The Morgan fingerprint density at radius 1 is 0.500 bits per heavy atom. The standard InChI is InChI=1S/C37H21NOS/c38-22-32-26(23-8-2-1-3-9-23)16-17-27(24-14-18-34-30(20-24)28-10-4-6-12-33(28)39-34)37(32)25-15-19-36-31(21-25)29-11-5-7-13-35(29)40-36/h1-21H. The van der Waals surface area contributed by atoms with Gasteiger partial charge >= 0.3 is 0 Å². The van der Waals surface area contributed by atoms with Crippen molar-refractivity contribution in [3.63, 3.8) is 0 Å². The summed E-state index contributed by atoms with van der Waals surface area (Å²) in [6.07, 6.45) is 0. The van der Waals surface area contributed by atoms with Crippen LogP contribution in [0.1, 0.15) is 5.56 Å². The minimum atomic E-state index is 0.680. The lowest BCUT2D eigenvalue weighted by Crippen LogP contribution is -1.94. The Morgan fingerprint density at radius 3 is 2.05 bits per heavy atom. The molecule has 8 aromatic rings. The first-order chi connectivity index (χ1) is 19.8. The third-order valence-corrected chi connectivity index (χ3v) is 8.91. The molecule has 0 N–H and O–H groups in total. The molecule has 0 radical (unpaired) electrons. The molecule has 0 amide bonds. The summed E-state index contributed by atoms with van der Waals surface area (Å²) in [4.78, 5) is 0. The molecule has 6 aromatic carbocycles. The number of benzene rings is 6. The molecule has 40 heavy (non-hydrogen) atoms. The molecule has 0 saturated carbocycles. The molecular weight excluding hydrogens is 506 g/mol. The van der Waals surface area contributed by atoms with Gasteiger partial charge in [-0.25, -0.2) is 0 Å². The van der Waals surface area contributed by atoms with Crippen LogP contribution in [0.2, 0.25) is 0 Å². The van der Waals surface area contributed by atoms with Gasteiger partial charge in [-0.2, -0.15) is 5.26 Å². The minimum Gasteiger partial charge on any atom is -0.456 e. The number of nitrogens with zero attached hydrogens (tertiary/aromatic N) is 1. The number of nitriles is 1. The molecule has 0 unspecified atom stereocenters. The van der Waals surface area contributed by atoms with Crippen LogP contribution in [-0.2, 0) is 0 Å². The Bertz CT molecular complexity index is 2280. The molecule has 186 valence electrons. The lowest BCUT2D eigenvalue weighted by Gasteiger charge is -2.16. The molecule has 8 rings (SSSR count). The number of para-hydroxylation sites is 1. The van der Waals surface area contributed by atoms with Crippen LogP contribution in [0.15, 0.2) is 132 Å². The van der Waals surface area contributed by atoms with Crippen molar-refractivity contribution in [3.8, 4) is 39.4 Å². The van der Waals surface area contributed by atoms with Crippen LogP contribution in [-0.4, -0.2) is 0 Å². The Morgan fingerprint density at radius 2 is 1.18 bits per heavy atom. The fraction of sp³-hybridized carbons (Fsp3) is 0. The van der Waals surface area contributed by atoms with E-state index in [4.69, 9.17) is 4.42 Å². The van der Waals surface area contributed by atoms with Gasteiger partial charge in [0.15, 0.2) is 0 Å². The van der Waals surface area contributed by atoms with Crippen LogP contribution in [0.4, 0.5) is 0 Å². The lowest BCUT2D eigenvalue weighted by atomic mass is 9.85. The van der Waals surface area contributed by atoms with Crippen LogP contribution in [0, 0.1) is 11.3 Å². The highest BCUT2D eigenvalue weighted by Gasteiger charge is 2.19. The van der Waals surface area contributed by atoms with Crippen LogP contribution in [0.3, 0.4) is 0 Å². The summed E-state index contributed by atoms with van der Waals surface area (Å²) in [5.41, 5.74) is 8.46. The van der Waals surface area contributed by atoms with Gasteiger partial charge < -0.3 is 4.42 Å². The SMILES string of the molecule is N#Cc1c(-c2ccccc2)ccc(-c2ccc3oc4ccccc4c3c2)c1-c1ccc2sc3ccccc3c2c1. The van der Waals surface area contributed by atoms with Crippen LogP contribution in [0.25, 0.3) is 75.5 Å². The van der Waals surface area contributed by atoms with Crippen molar-refractivity contribution in [1.82, 2.24) is 0 Å². The number of thiophene rings is 1. The average molecular weight is 528 g/mol. The van der Waals surface area contributed by atoms with E-state index >= 15 is 0 Å². The number of furan rings is 1. The molecule has 0 aliphatic carbocycles. The minimum absolute atomic E-state index is 0.680. The highest BCUT2D eigenvalue weighted by Crippen LogP contribution is 2.44. The second-order valence-electron chi connectivity index (χ2n) is 10.0. The molecule has 0 spiro atoms. The van der Waals surface area contributed by atoms with Gasteiger partial charge in [-0.3, -0.25) is 0 Å². The average Bonchev–Trinajstić information content (AvgIpc) is 3.58. The van der Waals surface area contributed by atoms with E-state index in [2.05, 4.69) is 91.0 Å². The molecule has 2 nitrogen and oxygen atoms in total.